The fourth-order valence-corrected chi connectivity index (χ4v) is 4.10. The number of nitrogens with two attached hydrogens (primary N) is 3. The summed E-state index contributed by atoms with van der Waals surface area (Å²) in [5, 5.41) is 17.7. The van der Waals surface area contributed by atoms with Crippen molar-refractivity contribution in [2.24, 2.45) is 17.2 Å². The van der Waals surface area contributed by atoms with Crippen LogP contribution < -0.4 is 33.2 Å². The highest BCUT2D eigenvalue weighted by Crippen LogP contribution is 2.08. The molecule has 1 aromatic carbocycles. The number of hydrogen-bond acceptors (Lipinski definition) is 8. The van der Waals surface area contributed by atoms with Gasteiger partial charge in [0.1, 0.15) is 18.1 Å². The van der Waals surface area contributed by atoms with E-state index in [9.17, 15) is 24.3 Å². The molecule has 0 radical (unpaired) electrons. The number of carbonyl (C=O) groups excluding carboxylic acids is 3. The number of rotatable bonds is 19. The number of benzene rings is 1. The van der Waals surface area contributed by atoms with Gasteiger partial charge in [0.05, 0.1) is 12.4 Å². The molecule has 0 saturated heterocycles. The number of carbonyl (C=O) groups is 4. The molecule has 0 fully saturated rings. The topological polar surface area (TPSA) is 231 Å². The molecule has 13 heteroatoms. The van der Waals surface area contributed by atoms with Gasteiger partial charge in [-0.2, -0.15) is 0 Å². The van der Waals surface area contributed by atoms with Crippen LogP contribution in [-0.4, -0.2) is 76.0 Å². The molecule has 2 aromatic rings. The summed E-state index contributed by atoms with van der Waals surface area (Å²) in [5.74, 6) is -2.96. The van der Waals surface area contributed by atoms with Crippen LogP contribution in [0.3, 0.4) is 0 Å². The van der Waals surface area contributed by atoms with Crippen LogP contribution in [-0.2, 0) is 32.0 Å². The minimum atomic E-state index is -1.22. The number of unbranched alkanes of at least 4 members (excludes halogenated alkanes) is 2. The number of carboxylic acids is 1. The summed E-state index contributed by atoms with van der Waals surface area (Å²) in [4.78, 5) is 58.2. The van der Waals surface area contributed by atoms with Gasteiger partial charge in [-0.3, -0.25) is 14.4 Å². The van der Waals surface area contributed by atoms with Crippen molar-refractivity contribution in [1.82, 2.24) is 25.9 Å². The van der Waals surface area contributed by atoms with Gasteiger partial charge in [0.2, 0.25) is 17.7 Å². The first-order valence-corrected chi connectivity index (χ1v) is 13.6. The van der Waals surface area contributed by atoms with Crippen LogP contribution in [0.2, 0.25) is 0 Å². The molecule has 4 atom stereocenters. The molecule has 0 bridgehead atoms. The van der Waals surface area contributed by atoms with E-state index in [-0.39, 0.29) is 19.3 Å². The molecule has 1 heterocycles. The zero-order chi connectivity index (χ0) is 29.3. The second-order valence-corrected chi connectivity index (χ2v) is 9.67. The summed E-state index contributed by atoms with van der Waals surface area (Å²) in [6.45, 7) is 0.913. The van der Waals surface area contributed by atoms with Crippen LogP contribution in [0.15, 0.2) is 42.9 Å². The van der Waals surface area contributed by atoms with Crippen molar-refractivity contribution in [3.63, 3.8) is 0 Å². The largest absolute Gasteiger partial charge is 0.480 e. The number of nitrogens with one attached hydrogen (secondary N) is 4. The van der Waals surface area contributed by atoms with E-state index in [0.717, 1.165) is 12.0 Å². The summed E-state index contributed by atoms with van der Waals surface area (Å²) in [5.41, 5.74) is 18.4. The Kier molecular flexibility index (Phi) is 14.3. The molecule has 40 heavy (non-hydrogen) atoms. The molecule has 2 rings (SSSR count). The Hall–Kier alpha value is -3.81. The van der Waals surface area contributed by atoms with Crippen LogP contribution in [0.5, 0.6) is 0 Å². The van der Waals surface area contributed by atoms with Crippen LogP contribution >= 0.6 is 0 Å². The maximum Gasteiger partial charge on any atom is 0.326 e. The van der Waals surface area contributed by atoms with E-state index in [1.807, 2.05) is 6.07 Å². The van der Waals surface area contributed by atoms with Gasteiger partial charge in [0.15, 0.2) is 0 Å². The number of H-pyrrole nitrogens is 1. The van der Waals surface area contributed by atoms with E-state index in [1.165, 1.54) is 12.5 Å². The average Bonchev–Trinajstić information content (AvgIpc) is 3.45. The molecule has 11 N–H and O–H groups in total. The fourth-order valence-electron chi connectivity index (χ4n) is 4.10. The standard InChI is InChI=1S/C27H42N8O5/c28-12-6-4-10-20(30)24(36)33-21(11-5-7-13-29)25(37)34-22(15-19-16-31-17-32-19)26(38)35-23(27(39)40)14-18-8-2-1-3-9-18/h1-3,8-9,16-17,20-23H,4-7,10-15,28-30H2,(H,31,32)(H,33,36)(H,34,37)(H,35,38)(H,39,40). The molecular formula is C27H42N8O5. The third kappa shape index (κ3) is 11.5. The highest BCUT2D eigenvalue weighted by Gasteiger charge is 2.30. The van der Waals surface area contributed by atoms with Crippen molar-refractivity contribution >= 4 is 23.7 Å². The van der Waals surface area contributed by atoms with E-state index < -0.39 is 47.9 Å². The van der Waals surface area contributed by atoms with Crippen LogP contribution in [0.25, 0.3) is 0 Å². The first-order chi connectivity index (χ1) is 19.2. The van der Waals surface area contributed by atoms with Crippen molar-refractivity contribution in [2.45, 2.75) is 75.5 Å². The number of aromatic amines is 1. The van der Waals surface area contributed by atoms with E-state index in [0.29, 0.717) is 44.5 Å². The predicted molar refractivity (Wildman–Crippen MR) is 150 cm³/mol. The van der Waals surface area contributed by atoms with Gasteiger partial charge < -0.3 is 43.2 Å². The normalized spacial score (nSPS) is 14.0. The van der Waals surface area contributed by atoms with E-state index >= 15 is 0 Å². The van der Waals surface area contributed by atoms with Gasteiger partial charge in [-0.05, 0) is 50.8 Å². The number of amides is 3. The quantitative estimate of drug-likeness (QED) is 0.102. The van der Waals surface area contributed by atoms with E-state index in [2.05, 4.69) is 25.9 Å². The zero-order valence-corrected chi connectivity index (χ0v) is 22.7. The first kappa shape index (κ1) is 32.4. The SMILES string of the molecule is NCCCCC(N)C(=O)NC(CCCCN)C(=O)NC(Cc1cnc[nH]1)C(=O)NC(Cc1ccccc1)C(=O)O. The number of aliphatic carboxylic acids is 1. The molecule has 220 valence electrons. The zero-order valence-electron chi connectivity index (χ0n) is 22.7. The van der Waals surface area contributed by atoms with Gasteiger partial charge in [0, 0.05) is 24.7 Å². The number of nitrogens with zero attached hydrogens (tertiary/aromatic N) is 1. The summed E-state index contributed by atoms with van der Waals surface area (Å²) in [6, 6.07) is 4.76. The Morgan fingerprint density at radius 3 is 2.00 bits per heavy atom. The first-order valence-electron chi connectivity index (χ1n) is 13.6. The lowest BCUT2D eigenvalue weighted by Crippen LogP contribution is -2.57. The highest BCUT2D eigenvalue weighted by atomic mass is 16.4. The third-order valence-corrected chi connectivity index (χ3v) is 6.40. The van der Waals surface area contributed by atoms with Crippen molar-refractivity contribution in [3.8, 4) is 0 Å². The Morgan fingerprint density at radius 1 is 0.800 bits per heavy atom. The van der Waals surface area contributed by atoms with Crippen LogP contribution in [0.1, 0.15) is 49.8 Å². The molecule has 3 amide bonds. The van der Waals surface area contributed by atoms with Gasteiger partial charge in [0.25, 0.3) is 0 Å². The Bertz CT molecular complexity index is 1050. The van der Waals surface area contributed by atoms with Gasteiger partial charge in [-0.25, -0.2) is 9.78 Å². The molecule has 1 aromatic heterocycles. The molecule has 0 spiro atoms. The number of carboxylic acid groups (broad SMARTS) is 1. The highest BCUT2D eigenvalue weighted by molar-refractivity contribution is 5.94. The molecular weight excluding hydrogens is 516 g/mol. The molecule has 0 aliphatic rings. The second kappa shape index (κ2) is 17.7. The van der Waals surface area contributed by atoms with Crippen molar-refractivity contribution in [2.75, 3.05) is 13.1 Å². The maximum atomic E-state index is 13.4. The lowest BCUT2D eigenvalue weighted by atomic mass is 10.0. The van der Waals surface area contributed by atoms with Crippen molar-refractivity contribution < 1.29 is 24.3 Å². The van der Waals surface area contributed by atoms with Gasteiger partial charge >= 0.3 is 5.97 Å². The van der Waals surface area contributed by atoms with E-state index in [4.69, 9.17) is 17.2 Å². The lowest BCUT2D eigenvalue weighted by molar-refractivity contribution is -0.142. The average molecular weight is 559 g/mol. The molecule has 0 saturated carbocycles. The lowest BCUT2D eigenvalue weighted by Gasteiger charge is -2.25. The third-order valence-electron chi connectivity index (χ3n) is 6.40. The van der Waals surface area contributed by atoms with Crippen molar-refractivity contribution in [3.05, 3.63) is 54.1 Å². The van der Waals surface area contributed by atoms with Gasteiger partial charge in [-0.1, -0.05) is 36.8 Å². The molecule has 0 aliphatic carbocycles. The monoisotopic (exact) mass is 558 g/mol. The molecule has 13 nitrogen and oxygen atoms in total. The number of aromatic nitrogens is 2. The minimum Gasteiger partial charge on any atom is -0.480 e. The summed E-state index contributed by atoms with van der Waals surface area (Å²) in [7, 11) is 0. The van der Waals surface area contributed by atoms with Crippen molar-refractivity contribution in [1.29, 1.82) is 0 Å². The second-order valence-electron chi connectivity index (χ2n) is 9.67. The van der Waals surface area contributed by atoms with Crippen LogP contribution in [0, 0.1) is 0 Å². The summed E-state index contributed by atoms with van der Waals surface area (Å²) >= 11 is 0. The van der Waals surface area contributed by atoms with E-state index in [1.54, 1.807) is 24.3 Å². The van der Waals surface area contributed by atoms with Gasteiger partial charge in [-0.15, -0.1) is 0 Å². The fraction of sp³-hybridized carbons (Fsp3) is 0.519. The summed E-state index contributed by atoms with van der Waals surface area (Å²) in [6.07, 6.45) is 6.34. The Morgan fingerprint density at radius 2 is 1.40 bits per heavy atom. The van der Waals surface area contributed by atoms with Crippen LogP contribution in [0.4, 0.5) is 0 Å². The number of hydrogen-bond donors (Lipinski definition) is 8. The maximum absolute atomic E-state index is 13.4. The minimum absolute atomic E-state index is 0.0251. The molecule has 0 aliphatic heterocycles. The molecule has 4 unspecified atom stereocenters. The Labute approximate surface area is 234 Å². The Balaban J connectivity index is 2.17. The predicted octanol–water partition coefficient (Wildman–Crippen LogP) is -0.681. The number of imidazole rings is 1. The smallest absolute Gasteiger partial charge is 0.326 e. The summed E-state index contributed by atoms with van der Waals surface area (Å²) < 4.78 is 0.